The fourth-order valence-electron chi connectivity index (χ4n) is 1.56. The zero-order valence-corrected chi connectivity index (χ0v) is 11.8. The molecule has 0 atom stereocenters. The number of halogens is 1. The van der Waals surface area contributed by atoms with Crippen LogP contribution in [0.3, 0.4) is 0 Å². The van der Waals surface area contributed by atoms with Crippen molar-refractivity contribution in [1.29, 1.82) is 0 Å². The lowest BCUT2D eigenvalue weighted by atomic mass is 10.3. The molecule has 3 heteroatoms. The van der Waals surface area contributed by atoms with Gasteiger partial charge < -0.3 is 5.32 Å². The van der Waals surface area contributed by atoms with Crippen LogP contribution in [0.25, 0.3) is 0 Å². The monoisotopic (exact) mass is 299 g/mol. The van der Waals surface area contributed by atoms with E-state index in [1.54, 1.807) is 0 Å². The van der Waals surface area contributed by atoms with Gasteiger partial charge in [0.05, 0.1) is 0 Å². The molecule has 0 spiro atoms. The lowest BCUT2D eigenvalue weighted by Crippen LogP contribution is -2.17. The summed E-state index contributed by atoms with van der Waals surface area (Å²) in [6, 6.07) is 9.31. The van der Waals surface area contributed by atoms with Gasteiger partial charge in [0.15, 0.2) is 0 Å². The van der Waals surface area contributed by atoms with E-state index in [0.717, 1.165) is 6.04 Å². The highest BCUT2D eigenvalue weighted by molar-refractivity contribution is 9.10. The molecular weight excluding hydrogens is 282 g/mol. The van der Waals surface area contributed by atoms with E-state index in [0.29, 0.717) is 0 Å². The van der Waals surface area contributed by atoms with E-state index in [-0.39, 0.29) is 0 Å². The fourth-order valence-corrected chi connectivity index (χ4v) is 3.14. The molecule has 16 heavy (non-hydrogen) atoms. The molecule has 1 aromatic rings. The Bertz CT molecular complexity index is 325. The summed E-state index contributed by atoms with van der Waals surface area (Å²) in [7, 11) is 0. The second kappa shape index (κ2) is 6.67. The van der Waals surface area contributed by atoms with Gasteiger partial charge in [-0.1, -0.05) is 12.1 Å². The van der Waals surface area contributed by atoms with E-state index in [1.165, 1.54) is 47.3 Å². The van der Waals surface area contributed by atoms with Crippen LogP contribution in [0, 0.1) is 0 Å². The van der Waals surface area contributed by atoms with Crippen molar-refractivity contribution < 1.29 is 0 Å². The third-order valence-corrected chi connectivity index (χ3v) is 4.79. The molecule has 1 aliphatic rings. The first-order valence-electron chi connectivity index (χ1n) is 5.97. The van der Waals surface area contributed by atoms with E-state index < -0.39 is 0 Å². The van der Waals surface area contributed by atoms with Gasteiger partial charge in [0.2, 0.25) is 0 Å². The van der Waals surface area contributed by atoms with Crippen molar-refractivity contribution in [3.63, 3.8) is 0 Å². The summed E-state index contributed by atoms with van der Waals surface area (Å²) in [5.41, 5.74) is 0. The third-order valence-electron chi connectivity index (χ3n) is 2.68. The molecule has 1 aliphatic carbocycles. The van der Waals surface area contributed by atoms with Crippen LogP contribution in [-0.2, 0) is 0 Å². The molecule has 0 heterocycles. The quantitative estimate of drug-likeness (QED) is 0.601. The lowest BCUT2D eigenvalue weighted by molar-refractivity contribution is 0.640. The molecule has 1 saturated carbocycles. The molecule has 0 amide bonds. The maximum absolute atomic E-state index is 3.57. The SMILES string of the molecule is Brc1ccccc1SCCCCNC1CC1. The Labute approximate surface area is 111 Å². The minimum absolute atomic E-state index is 0.857. The minimum atomic E-state index is 0.857. The Balaban J connectivity index is 1.55. The van der Waals surface area contributed by atoms with Crippen molar-refractivity contribution in [2.45, 2.75) is 36.6 Å². The zero-order chi connectivity index (χ0) is 11.2. The Morgan fingerprint density at radius 1 is 1.25 bits per heavy atom. The highest BCUT2D eigenvalue weighted by Crippen LogP contribution is 2.27. The largest absolute Gasteiger partial charge is 0.314 e. The van der Waals surface area contributed by atoms with Gasteiger partial charge >= 0.3 is 0 Å². The van der Waals surface area contributed by atoms with Gasteiger partial charge in [-0.05, 0) is 66.0 Å². The van der Waals surface area contributed by atoms with E-state index >= 15 is 0 Å². The summed E-state index contributed by atoms with van der Waals surface area (Å²) < 4.78 is 1.22. The predicted molar refractivity (Wildman–Crippen MR) is 75.1 cm³/mol. The number of thioether (sulfide) groups is 1. The number of nitrogens with one attached hydrogen (secondary N) is 1. The number of hydrogen-bond donors (Lipinski definition) is 1. The first kappa shape index (κ1) is 12.5. The highest BCUT2D eigenvalue weighted by Gasteiger charge is 2.19. The highest BCUT2D eigenvalue weighted by atomic mass is 79.9. The Morgan fingerprint density at radius 2 is 2.06 bits per heavy atom. The summed E-state index contributed by atoms with van der Waals surface area (Å²) in [6.07, 6.45) is 5.39. The van der Waals surface area contributed by atoms with Crippen molar-refractivity contribution in [3.8, 4) is 0 Å². The fraction of sp³-hybridized carbons (Fsp3) is 0.538. The van der Waals surface area contributed by atoms with Gasteiger partial charge in [-0.3, -0.25) is 0 Å². The Morgan fingerprint density at radius 3 is 2.81 bits per heavy atom. The van der Waals surface area contributed by atoms with Gasteiger partial charge in [-0.2, -0.15) is 0 Å². The van der Waals surface area contributed by atoms with Crippen LogP contribution in [0.1, 0.15) is 25.7 Å². The molecule has 0 aliphatic heterocycles. The van der Waals surface area contributed by atoms with Gasteiger partial charge in [-0.25, -0.2) is 0 Å². The van der Waals surface area contributed by atoms with Crippen LogP contribution >= 0.6 is 27.7 Å². The molecule has 1 nitrogen and oxygen atoms in total. The van der Waals surface area contributed by atoms with Crippen molar-refractivity contribution in [2.24, 2.45) is 0 Å². The van der Waals surface area contributed by atoms with Gasteiger partial charge in [0, 0.05) is 15.4 Å². The summed E-state index contributed by atoms with van der Waals surface area (Å²) in [5.74, 6) is 1.22. The van der Waals surface area contributed by atoms with Gasteiger partial charge in [-0.15, -0.1) is 11.8 Å². The van der Waals surface area contributed by atoms with Crippen LogP contribution in [-0.4, -0.2) is 18.3 Å². The van der Waals surface area contributed by atoms with Gasteiger partial charge in [0.25, 0.3) is 0 Å². The molecule has 2 rings (SSSR count). The number of hydrogen-bond acceptors (Lipinski definition) is 2. The summed E-state index contributed by atoms with van der Waals surface area (Å²) in [4.78, 5) is 1.36. The number of unbranched alkanes of at least 4 members (excludes halogenated alkanes) is 1. The predicted octanol–water partition coefficient (Wildman–Crippen LogP) is 4.07. The second-order valence-corrected chi connectivity index (χ2v) is 6.21. The van der Waals surface area contributed by atoms with Crippen LogP contribution < -0.4 is 5.32 Å². The zero-order valence-electron chi connectivity index (χ0n) is 9.42. The van der Waals surface area contributed by atoms with E-state index in [1.807, 2.05) is 11.8 Å². The van der Waals surface area contributed by atoms with Crippen LogP contribution in [0.5, 0.6) is 0 Å². The molecular formula is C13H18BrNS. The van der Waals surface area contributed by atoms with Crippen molar-refractivity contribution in [1.82, 2.24) is 5.32 Å². The molecule has 0 bridgehead atoms. The van der Waals surface area contributed by atoms with Crippen molar-refractivity contribution in [2.75, 3.05) is 12.3 Å². The number of rotatable bonds is 7. The molecule has 1 fully saturated rings. The molecule has 1 aromatic carbocycles. The summed E-state index contributed by atoms with van der Waals surface area (Å²) >= 11 is 5.52. The maximum atomic E-state index is 3.57. The molecule has 0 saturated heterocycles. The average molecular weight is 300 g/mol. The third kappa shape index (κ3) is 4.48. The summed E-state index contributed by atoms with van der Waals surface area (Å²) in [5, 5.41) is 3.55. The standard InChI is InChI=1S/C13H18BrNS/c14-12-5-1-2-6-13(12)16-10-4-3-9-15-11-7-8-11/h1-2,5-6,11,15H,3-4,7-10H2. The van der Waals surface area contributed by atoms with E-state index in [9.17, 15) is 0 Å². The Hall–Kier alpha value is 0.01000. The second-order valence-electron chi connectivity index (χ2n) is 4.21. The average Bonchev–Trinajstić information content (AvgIpc) is 3.09. The van der Waals surface area contributed by atoms with Crippen molar-refractivity contribution >= 4 is 27.7 Å². The van der Waals surface area contributed by atoms with Crippen LogP contribution in [0.15, 0.2) is 33.6 Å². The smallest absolute Gasteiger partial charge is 0.0311 e. The minimum Gasteiger partial charge on any atom is -0.314 e. The van der Waals surface area contributed by atoms with E-state index in [2.05, 4.69) is 45.5 Å². The first-order chi connectivity index (χ1) is 7.86. The molecule has 1 N–H and O–H groups in total. The normalized spacial score (nSPS) is 15.3. The maximum Gasteiger partial charge on any atom is 0.0311 e. The molecule has 88 valence electrons. The van der Waals surface area contributed by atoms with Crippen LogP contribution in [0.4, 0.5) is 0 Å². The molecule has 0 radical (unpaired) electrons. The lowest BCUT2D eigenvalue weighted by Gasteiger charge is -2.04. The molecule has 0 unspecified atom stereocenters. The topological polar surface area (TPSA) is 12.0 Å². The van der Waals surface area contributed by atoms with Crippen LogP contribution in [0.2, 0.25) is 0 Å². The van der Waals surface area contributed by atoms with Gasteiger partial charge in [0.1, 0.15) is 0 Å². The summed E-state index contributed by atoms with van der Waals surface area (Å²) in [6.45, 7) is 1.20. The number of benzene rings is 1. The molecule has 0 aromatic heterocycles. The first-order valence-corrected chi connectivity index (χ1v) is 7.75. The Kier molecular flexibility index (Phi) is 5.20. The van der Waals surface area contributed by atoms with E-state index in [4.69, 9.17) is 0 Å². The van der Waals surface area contributed by atoms with Crippen molar-refractivity contribution in [3.05, 3.63) is 28.7 Å².